The largest absolute Gasteiger partial charge is 0.497 e. The van der Waals surface area contributed by atoms with Gasteiger partial charge in [-0.05, 0) is 29.3 Å². The Kier molecular flexibility index (Phi) is 2.95. The summed E-state index contributed by atoms with van der Waals surface area (Å²) in [5.74, 6) is 0.612. The van der Waals surface area contributed by atoms with E-state index in [4.69, 9.17) is 9.47 Å². The van der Waals surface area contributed by atoms with Crippen LogP contribution in [0.25, 0.3) is 5.57 Å². The number of methoxy groups -OCH3 is 1. The maximum Gasteiger partial charge on any atom is 0.331 e. The van der Waals surface area contributed by atoms with Crippen LogP contribution in [0.4, 0.5) is 0 Å². The minimum Gasteiger partial charge on any atom is -0.497 e. The molecule has 0 spiro atoms. The summed E-state index contributed by atoms with van der Waals surface area (Å²) in [6.07, 6.45) is 9.25. The highest BCUT2D eigenvalue weighted by Gasteiger charge is 2.30. The Labute approximate surface area is 111 Å². The van der Waals surface area contributed by atoms with E-state index in [-0.39, 0.29) is 18.0 Å². The van der Waals surface area contributed by atoms with E-state index >= 15 is 0 Å². The molecule has 0 N–H and O–H groups in total. The molecule has 0 bridgehead atoms. The summed E-state index contributed by atoms with van der Waals surface area (Å²) < 4.78 is 10.5. The molecule has 2 atom stereocenters. The van der Waals surface area contributed by atoms with Gasteiger partial charge in [-0.15, -0.1) is 0 Å². The summed E-state index contributed by atoms with van der Waals surface area (Å²) in [6.45, 7) is 0. The first-order valence-corrected chi connectivity index (χ1v) is 6.19. The SMILES string of the molecule is COc1ccc(C2=CC(=O)OC3C=CC=CC23)cc1. The van der Waals surface area contributed by atoms with Crippen LogP contribution in [-0.2, 0) is 9.53 Å². The molecule has 96 valence electrons. The Morgan fingerprint density at radius 2 is 1.84 bits per heavy atom. The lowest BCUT2D eigenvalue weighted by molar-refractivity contribution is -0.142. The third-order valence-electron chi connectivity index (χ3n) is 3.39. The van der Waals surface area contributed by atoms with E-state index in [9.17, 15) is 4.79 Å². The first-order valence-electron chi connectivity index (χ1n) is 6.19. The summed E-state index contributed by atoms with van der Waals surface area (Å²) in [5.41, 5.74) is 2.01. The molecular weight excluding hydrogens is 240 g/mol. The number of esters is 1. The molecule has 1 aromatic carbocycles. The molecule has 1 heterocycles. The van der Waals surface area contributed by atoms with Gasteiger partial charge in [0.05, 0.1) is 7.11 Å². The minimum atomic E-state index is -0.285. The molecule has 3 heteroatoms. The van der Waals surface area contributed by atoms with E-state index in [0.29, 0.717) is 0 Å². The molecule has 0 radical (unpaired) electrons. The van der Waals surface area contributed by atoms with Crippen LogP contribution in [0.15, 0.2) is 54.6 Å². The van der Waals surface area contributed by atoms with Crippen LogP contribution in [0.2, 0.25) is 0 Å². The van der Waals surface area contributed by atoms with Gasteiger partial charge in [-0.3, -0.25) is 0 Å². The van der Waals surface area contributed by atoms with Crippen molar-refractivity contribution >= 4 is 11.5 Å². The Morgan fingerprint density at radius 1 is 1.11 bits per heavy atom. The predicted octanol–water partition coefficient (Wildman–Crippen LogP) is 2.75. The minimum absolute atomic E-state index is 0.0936. The maximum absolute atomic E-state index is 11.6. The average Bonchev–Trinajstić information content (AvgIpc) is 2.46. The molecule has 0 amide bonds. The van der Waals surface area contributed by atoms with Crippen molar-refractivity contribution in [2.75, 3.05) is 7.11 Å². The van der Waals surface area contributed by atoms with Crippen LogP contribution < -0.4 is 4.74 Å². The Balaban J connectivity index is 1.99. The quantitative estimate of drug-likeness (QED) is 0.761. The van der Waals surface area contributed by atoms with E-state index in [1.54, 1.807) is 13.2 Å². The molecule has 0 aromatic heterocycles. The second kappa shape index (κ2) is 4.76. The van der Waals surface area contributed by atoms with Gasteiger partial charge in [0.2, 0.25) is 0 Å². The highest BCUT2D eigenvalue weighted by Crippen LogP contribution is 2.35. The highest BCUT2D eigenvalue weighted by molar-refractivity contribution is 5.94. The zero-order chi connectivity index (χ0) is 13.2. The lowest BCUT2D eigenvalue weighted by atomic mass is 9.84. The fourth-order valence-corrected chi connectivity index (χ4v) is 2.43. The van der Waals surface area contributed by atoms with E-state index in [0.717, 1.165) is 16.9 Å². The van der Waals surface area contributed by atoms with Gasteiger partial charge < -0.3 is 9.47 Å². The Hall–Kier alpha value is -2.29. The smallest absolute Gasteiger partial charge is 0.331 e. The first kappa shape index (κ1) is 11.8. The summed E-state index contributed by atoms with van der Waals surface area (Å²) in [6, 6.07) is 7.72. The van der Waals surface area contributed by atoms with Gasteiger partial charge >= 0.3 is 5.97 Å². The van der Waals surface area contributed by atoms with Crippen molar-refractivity contribution in [3.8, 4) is 5.75 Å². The Morgan fingerprint density at radius 3 is 2.58 bits per heavy atom. The van der Waals surface area contributed by atoms with Crippen molar-refractivity contribution in [1.29, 1.82) is 0 Å². The van der Waals surface area contributed by atoms with E-state index in [1.807, 2.05) is 42.5 Å². The van der Waals surface area contributed by atoms with Crippen LogP contribution >= 0.6 is 0 Å². The lowest BCUT2D eigenvalue weighted by Gasteiger charge is -2.30. The Bertz CT molecular complexity index is 579. The second-order valence-electron chi connectivity index (χ2n) is 4.53. The molecule has 0 saturated carbocycles. The maximum atomic E-state index is 11.6. The van der Waals surface area contributed by atoms with Crippen molar-refractivity contribution in [2.45, 2.75) is 6.10 Å². The van der Waals surface area contributed by atoms with Crippen molar-refractivity contribution in [3.05, 3.63) is 60.2 Å². The fraction of sp³-hybridized carbons (Fsp3) is 0.188. The van der Waals surface area contributed by atoms with Crippen LogP contribution in [0, 0.1) is 5.92 Å². The van der Waals surface area contributed by atoms with Crippen LogP contribution in [0.3, 0.4) is 0 Å². The van der Waals surface area contributed by atoms with Gasteiger partial charge in [0, 0.05) is 12.0 Å². The molecule has 3 nitrogen and oxygen atoms in total. The number of allylic oxidation sites excluding steroid dienone is 2. The van der Waals surface area contributed by atoms with Crippen molar-refractivity contribution < 1.29 is 14.3 Å². The standard InChI is InChI=1S/C16H14O3/c1-18-12-8-6-11(7-9-12)14-10-16(17)19-15-5-3-2-4-13(14)15/h2-10,13,15H,1H3. The van der Waals surface area contributed by atoms with E-state index in [2.05, 4.69) is 6.08 Å². The molecule has 2 aliphatic rings. The highest BCUT2D eigenvalue weighted by atomic mass is 16.5. The number of carbonyl (C=O) groups is 1. The van der Waals surface area contributed by atoms with E-state index < -0.39 is 0 Å². The van der Waals surface area contributed by atoms with Crippen LogP contribution in [-0.4, -0.2) is 19.2 Å². The third-order valence-corrected chi connectivity index (χ3v) is 3.39. The topological polar surface area (TPSA) is 35.5 Å². The van der Waals surface area contributed by atoms with Gasteiger partial charge in [-0.1, -0.05) is 30.4 Å². The van der Waals surface area contributed by atoms with Gasteiger partial charge in [0.25, 0.3) is 0 Å². The number of carbonyl (C=O) groups excluding carboxylic acids is 1. The van der Waals surface area contributed by atoms with Crippen molar-refractivity contribution in [3.63, 3.8) is 0 Å². The predicted molar refractivity (Wildman–Crippen MR) is 72.6 cm³/mol. The fourth-order valence-electron chi connectivity index (χ4n) is 2.43. The normalized spacial score (nSPS) is 24.5. The summed E-state index contributed by atoms with van der Waals surface area (Å²) >= 11 is 0. The van der Waals surface area contributed by atoms with Gasteiger partial charge in [0.15, 0.2) is 0 Å². The molecule has 0 fully saturated rings. The van der Waals surface area contributed by atoms with Crippen molar-refractivity contribution in [1.82, 2.24) is 0 Å². The van der Waals surface area contributed by atoms with E-state index in [1.165, 1.54) is 0 Å². The molecule has 0 saturated heterocycles. The summed E-state index contributed by atoms with van der Waals surface area (Å²) in [7, 11) is 1.64. The number of rotatable bonds is 2. The second-order valence-corrected chi connectivity index (χ2v) is 4.53. The van der Waals surface area contributed by atoms with Crippen LogP contribution in [0.1, 0.15) is 5.56 Å². The van der Waals surface area contributed by atoms with Crippen molar-refractivity contribution in [2.24, 2.45) is 5.92 Å². The number of fused-ring (bicyclic) bond motifs is 1. The third kappa shape index (κ3) is 2.19. The molecule has 2 unspecified atom stereocenters. The molecule has 3 rings (SSSR count). The number of ether oxygens (including phenoxy) is 2. The summed E-state index contributed by atoms with van der Waals surface area (Å²) in [5, 5.41) is 0. The monoisotopic (exact) mass is 254 g/mol. The average molecular weight is 254 g/mol. The zero-order valence-electron chi connectivity index (χ0n) is 10.6. The number of benzene rings is 1. The molecular formula is C16H14O3. The molecule has 1 aliphatic heterocycles. The lowest BCUT2D eigenvalue weighted by Crippen LogP contribution is -2.30. The molecule has 1 aromatic rings. The molecule has 19 heavy (non-hydrogen) atoms. The van der Waals surface area contributed by atoms with Gasteiger partial charge in [-0.2, -0.15) is 0 Å². The van der Waals surface area contributed by atoms with Gasteiger partial charge in [0.1, 0.15) is 11.9 Å². The number of hydrogen-bond acceptors (Lipinski definition) is 3. The van der Waals surface area contributed by atoms with Crippen LogP contribution in [0.5, 0.6) is 5.75 Å². The number of hydrogen-bond donors (Lipinski definition) is 0. The summed E-state index contributed by atoms with van der Waals surface area (Å²) in [4.78, 5) is 11.6. The van der Waals surface area contributed by atoms with Gasteiger partial charge in [-0.25, -0.2) is 4.79 Å². The first-order chi connectivity index (χ1) is 9.28. The zero-order valence-corrected chi connectivity index (χ0v) is 10.6. The molecule has 1 aliphatic carbocycles.